The molecule has 2 aliphatic heterocycles. The number of fused-ring (bicyclic) bond motifs is 2. The van der Waals surface area contributed by atoms with E-state index in [1.807, 2.05) is 0 Å². The summed E-state index contributed by atoms with van der Waals surface area (Å²) in [5.41, 5.74) is 0. The number of carbonyl (C=O) groups excluding carboxylic acids is 3. The van der Waals surface area contributed by atoms with Crippen LogP contribution in [0.2, 0.25) is 0 Å². The zero-order chi connectivity index (χ0) is 13.3. The van der Waals surface area contributed by atoms with Crippen molar-refractivity contribution in [1.82, 2.24) is 4.90 Å². The highest BCUT2D eigenvalue weighted by molar-refractivity contribution is 6.02. The van der Waals surface area contributed by atoms with E-state index in [0.717, 1.165) is 0 Å². The first-order valence-corrected chi connectivity index (χ1v) is 5.94. The van der Waals surface area contributed by atoms with Crippen molar-refractivity contribution in [1.29, 1.82) is 0 Å². The molecule has 0 aromatic rings. The molecule has 1 fully saturated rings. The molecule has 0 unspecified atom stereocenters. The molecule has 2 rings (SSSR count). The van der Waals surface area contributed by atoms with Gasteiger partial charge < -0.3 is 9.47 Å². The van der Waals surface area contributed by atoms with E-state index in [1.165, 1.54) is 17.9 Å². The van der Waals surface area contributed by atoms with Gasteiger partial charge in [-0.05, 0) is 25.8 Å². The smallest absolute Gasteiger partial charge is 0.410 e. The van der Waals surface area contributed by atoms with Gasteiger partial charge in [-0.3, -0.25) is 14.5 Å². The van der Waals surface area contributed by atoms with Crippen molar-refractivity contribution in [3.63, 3.8) is 0 Å². The van der Waals surface area contributed by atoms with Crippen molar-refractivity contribution in [3.8, 4) is 0 Å². The van der Waals surface area contributed by atoms with Crippen LogP contribution in [0.4, 0.5) is 4.79 Å². The summed E-state index contributed by atoms with van der Waals surface area (Å²) in [5, 5.41) is 0. The monoisotopic (exact) mass is 253 g/mol. The molecule has 2 aliphatic rings. The quantitative estimate of drug-likeness (QED) is 0.686. The summed E-state index contributed by atoms with van der Waals surface area (Å²) >= 11 is 0. The Labute approximate surface area is 105 Å². The highest BCUT2D eigenvalue weighted by atomic mass is 16.6. The Morgan fingerprint density at radius 2 is 2.17 bits per heavy atom. The van der Waals surface area contributed by atoms with Gasteiger partial charge in [0.25, 0.3) is 0 Å². The van der Waals surface area contributed by atoms with E-state index in [0.29, 0.717) is 12.8 Å². The lowest BCUT2D eigenvalue weighted by Crippen LogP contribution is -2.48. The fourth-order valence-electron chi connectivity index (χ4n) is 2.38. The van der Waals surface area contributed by atoms with Crippen molar-refractivity contribution in [2.75, 3.05) is 6.61 Å². The zero-order valence-corrected chi connectivity index (χ0v) is 10.3. The number of Topliss-reactive ketones (excluding diaryl/α,β-unsaturated/α-hetero) is 1. The fourth-order valence-corrected chi connectivity index (χ4v) is 2.38. The average Bonchev–Trinajstić information content (AvgIpc) is 2.64. The van der Waals surface area contributed by atoms with E-state index < -0.39 is 18.1 Å². The molecule has 0 saturated carbocycles. The summed E-state index contributed by atoms with van der Waals surface area (Å²) in [6, 6.07) is -0.783. The van der Waals surface area contributed by atoms with E-state index in [1.54, 1.807) is 6.92 Å². The first kappa shape index (κ1) is 12.6. The van der Waals surface area contributed by atoms with Gasteiger partial charge in [0.05, 0.1) is 12.6 Å². The SMILES string of the molecule is CCOC(=O)N1[C@@H]2C=C(OC(C)=O)C(=O)[C@H]1CC2. The molecule has 6 nitrogen and oxygen atoms in total. The molecule has 0 radical (unpaired) electrons. The molecule has 1 saturated heterocycles. The summed E-state index contributed by atoms with van der Waals surface area (Å²) in [5.74, 6) is -0.805. The van der Waals surface area contributed by atoms with Crippen LogP contribution >= 0.6 is 0 Å². The molecular formula is C12H15NO5. The molecule has 2 heterocycles. The second kappa shape index (κ2) is 4.80. The third-order valence-corrected chi connectivity index (χ3v) is 3.05. The minimum Gasteiger partial charge on any atom is -0.450 e. The minimum atomic E-state index is -0.562. The number of nitrogens with zero attached hydrogens (tertiary/aromatic N) is 1. The van der Waals surface area contributed by atoms with Gasteiger partial charge in [-0.25, -0.2) is 4.79 Å². The van der Waals surface area contributed by atoms with E-state index in [4.69, 9.17) is 9.47 Å². The van der Waals surface area contributed by atoms with Crippen LogP contribution in [0.3, 0.4) is 0 Å². The van der Waals surface area contributed by atoms with Gasteiger partial charge in [0.1, 0.15) is 6.04 Å². The number of esters is 1. The molecule has 0 aliphatic carbocycles. The van der Waals surface area contributed by atoms with Crippen LogP contribution in [0.1, 0.15) is 26.7 Å². The molecule has 2 bridgehead atoms. The standard InChI is InChI=1S/C12H15NO5/c1-3-17-12(16)13-8-4-5-9(13)11(15)10(6-8)18-7(2)14/h6,8-9H,3-5H2,1-2H3/t8-,9+/m0/s1. The van der Waals surface area contributed by atoms with Crippen LogP contribution < -0.4 is 0 Å². The lowest BCUT2D eigenvalue weighted by atomic mass is 10.1. The second-order valence-electron chi connectivity index (χ2n) is 4.26. The predicted molar refractivity (Wildman–Crippen MR) is 60.5 cm³/mol. The van der Waals surface area contributed by atoms with E-state index in [-0.39, 0.29) is 24.2 Å². The molecule has 18 heavy (non-hydrogen) atoms. The number of ketones is 1. The van der Waals surface area contributed by atoms with Crippen molar-refractivity contribution >= 4 is 17.8 Å². The largest absolute Gasteiger partial charge is 0.450 e. The summed E-state index contributed by atoms with van der Waals surface area (Å²) in [6.07, 6.45) is 2.30. The van der Waals surface area contributed by atoms with Gasteiger partial charge in [0.2, 0.25) is 5.78 Å². The summed E-state index contributed by atoms with van der Waals surface area (Å²) in [4.78, 5) is 36.1. The summed E-state index contributed by atoms with van der Waals surface area (Å²) < 4.78 is 9.79. The van der Waals surface area contributed by atoms with Crippen LogP contribution in [0, 0.1) is 0 Å². The average molecular weight is 253 g/mol. The van der Waals surface area contributed by atoms with E-state index in [9.17, 15) is 14.4 Å². The highest BCUT2D eigenvalue weighted by Crippen LogP contribution is 2.33. The fraction of sp³-hybridized carbons (Fsp3) is 0.583. The first-order valence-electron chi connectivity index (χ1n) is 5.94. The van der Waals surface area contributed by atoms with Crippen LogP contribution in [-0.2, 0) is 19.1 Å². The normalized spacial score (nSPS) is 25.8. The van der Waals surface area contributed by atoms with Gasteiger partial charge in [-0.15, -0.1) is 0 Å². The highest BCUT2D eigenvalue weighted by Gasteiger charge is 2.46. The third-order valence-electron chi connectivity index (χ3n) is 3.05. The van der Waals surface area contributed by atoms with Gasteiger partial charge in [0, 0.05) is 6.92 Å². The van der Waals surface area contributed by atoms with Gasteiger partial charge >= 0.3 is 12.1 Å². The van der Waals surface area contributed by atoms with Crippen molar-refractivity contribution in [2.45, 2.75) is 38.8 Å². The van der Waals surface area contributed by atoms with Gasteiger partial charge in [0.15, 0.2) is 5.76 Å². The number of hydrogen-bond donors (Lipinski definition) is 0. The molecular weight excluding hydrogens is 238 g/mol. The maximum atomic E-state index is 12.0. The van der Waals surface area contributed by atoms with Crippen LogP contribution in [0.15, 0.2) is 11.8 Å². The number of ether oxygens (including phenoxy) is 2. The van der Waals surface area contributed by atoms with Crippen LogP contribution in [-0.4, -0.2) is 41.4 Å². The molecule has 98 valence electrons. The van der Waals surface area contributed by atoms with Crippen molar-refractivity contribution < 1.29 is 23.9 Å². The summed E-state index contributed by atoms with van der Waals surface area (Å²) in [7, 11) is 0. The van der Waals surface area contributed by atoms with Gasteiger partial charge in [-0.1, -0.05) is 0 Å². The molecule has 2 atom stereocenters. The number of carbonyl (C=O) groups is 3. The Bertz CT molecular complexity index is 428. The maximum Gasteiger partial charge on any atom is 0.410 e. The Morgan fingerprint density at radius 1 is 1.44 bits per heavy atom. The van der Waals surface area contributed by atoms with E-state index in [2.05, 4.69) is 0 Å². The Balaban J connectivity index is 2.21. The summed E-state index contributed by atoms with van der Waals surface area (Å²) in [6.45, 7) is 3.23. The molecule has 0 aromatic carbocycles. The topological polar surface area (TPSA) is 72.9 Å². The second-order valence-corrected chi connectivity index (χ2v) is 4.26. The van der Waals surface area contributed by atoms with Crippen LogP contribution in [0.5, 0.6) is 0 Å². The molecule has 6 heteroatoms. The predicted octanol–water partition coefficient (Wildman–Crippen LogP) is 1.01. The maximum absolute atomic E-state index is 12.0. The number of hydrogen-bond acceptors (Lipinski definition) is 5. The van der Waals surface area contributed by atoms with Gasteiger partial charge in [-0.2, -0.15) is 0 Å². The minimum absolute atomic E-state index is 0.0514. The molecule has 0 N–H and O–H groups in total. The Hall–Kier alpha value is -1.85. The Kier molecular flexibility index (Phi) is 3.36. The Morgan fingerprint density at radius 3 is 2.78 bits per heavy atom. The van der Waals surface area contributed by atoms with Crippen LogP contribution in [0.25, 0.3) is 0 Å². The van der Waals surface area contributed by atoms with Crippen molar-refractivity contribution in [3.05, 3.63) is 11.8 Å². The number of rotatable bonds is 2. The van der Waals surface area contributed by atoms with E-state index >= 15 is 0 Å². The zero-order valence-electron chi connectivity index (χ0n) is 10.3. The lowest BCUT2D eigenvalue weighted by molar-refractivity contribution is -0.141. The van der Waals surface area contributed by atoms with Crippen molar-refractivity contribution in [2.24, 2.45) is 0 Å². The first-order chi connectivity index (χ1) is 8.54. The molecule has 0 aromatic heterocycles. The third kappa shape index (κ3) is 2.10. The number of amides is 1. The molecule has 1 amide bonds. The molecule has 0 spiro atoms. The lowest BCUT2D eigenvalue weighted by Gasteiger charge is -2.31.